The van der Waals surface area contributed by atoms with E-state index in [1.165, 1.54) is 19.3 Å². The van der Waals surface area contributed by atoms with E-state index in [9.17, 15) is 4.79 Å². The van der Waals surface area contributed by atoms with Gasteiger partial charge in [-0.25, -0.2) is 4.68 Å². The number of rotatable bonds is 2. The molecule has 0 unspecified atom stereocenters. The monoisotopic (exact) mass is 272 g/mol. The van der Waals surface area contributed by atoms with Crippen molar-refractivity contribution in [3.05, 3.63) is 20.5 Å². The van der Waals surface area contributed by atoms with Crippen LogP contribution in [0.25, 0.3) is 0 Å². The van der Waals surface area contributed by atoms with Gasteiger partial charge in [0.1, 0.15) is 4.47 Å². The number of hydrogen-bond acceptors (Lipinski definition) is 1. The van der Waals surface area contributed by atoms with E-state index in [2.05, 4.69) is 28.0 Å². The van der Waals surface area contributed by atoms with E-state index in [0.29, 0.717) is 6.04 Å². The first kappa shape index (κ1) is 11.0. The Labute approximate surface area is 98.0 Å². The number of aromatic nitrogens is 2. The SMILES string of the molecule is CCc1[nH]n(C2CCCCC2)c(=O)c1Br. The van der Waals surface area contributed by atoms with E-state index in [4.69, 9.17) is 0 Å². The number of hydrogen-bond donors (Lipinski definition) is 1. The summed E-state index contributed by atoms with van der Waals surface area (Å²) < 4.78 is 2.54. The van der Waals surface area contributed by atoms with Crippen LogP contribution in [0.15, 0.2) is 9.27 Å². The highest BCUT2D eigenvalue weighted by molar-refractivity contribution is 9.10. The number of halogens is 1. The third kappa shape index (κ3) is 2.05. The van der Waals surface area contributed by atoms with Crippen molar-refractivity contribution in [2.75, 3.05) is 0 Å². The van der Waals surface area contributed by atoms with Gasteiger partial charge in [0, 0.05) is 0 Å². The molecule has 1 aliphatic carbocycles. The Morgan fingerprint density at radius 2 is 2.07 bits per heavy atom. The van der Waals surface area contributed by atoms with Gasteiger partial charge in [-0.15, -0.1) is 0 Å². The number of H-pyrrole nitrogens is 1. The summed E-state index contributed by atoms with van der Waals surface area (Å²) in [5.41, 5.74) is 1.13. The van der Waals surface area contributed by atoms with Crippen LogP contribution < -0.4 is 5.56 Å². The topological polar surface area (TPSA) is 37.8 Å². The van der Waals surface area contributed by atoms with Gasteiger partial charge in [-0.2, -0.15) is 0 Å². The smallest absolute Gasteiger partial charge is 0.281 e. The fourth-order valence-electron chi connectivity index (χ4n) is 2.31. The Kier molecular flexibility index (Phi) is 3.34. The zero-order chi connectivity index (χ0) is 10.8. The molecule has 1 saturated carbocycles. The predicted octanol–water partition coefficient (Wildman–Crippen LogP) is 3.01. The molecule has 3 nitrogen and oxygen atoms in total. The molecule has 0 saturated heterocycles. The van der Waals surface area contributed by atoms with Crippen molar-refractivity contribution in [1.82, 2.24) is 9.78 Å². The normalized spacial score (nSPS) is 18.3. The molecule has 0 aromatic carbocycles. The average Bonchev–Trinajstić information content (AvgIpc) is 2.57. The molecular formula is C11H17BrN2O. The van der Waals surface area contributed by atoms with Gasteiger partial charge in [0.2, 0.25) is 0 Å². The molecule has 4 heteroatoms. The van der Waals surface area contributed by atoms with Gasteiger partial charge in [-0.05, 0) is 35.2 Å². The lowest BCUT2D eigenvalue weighted by atomic mass is 9.96. The van der Waals surface area contributed by atoms with Crippen molar-refractivity contribution < 1.29 is 0 Å². The van der Waals surface area contributed by atoms with Crippen LogP contribution in [0, 0.1) is 0 Å². The van der Waals surface area contributed by atoms with E-state index < -0.39 is 0 Å². The molecule has 84 valence electrons. The van der Waals surface area contributed by atoms with Crippen LogP contribution in [0.4, 0.5) is 0 Å². The molecule has 1 aromatic rings. The van der Waals surface area contributed by atoms with Gasteiger partial charge < -0.3 is 0 Å². The fraction of sp³-hybridized carbons (Fsp3) is 0.727. The molecule has 0 atom stereocenters. The highest BCUT2D eigenvalue weighted by Gasteiger charge is 2.20. The van der Waals surface area contributed by atoms with Gasteiger partial charge in [-0.3, -0.25) is 9.89 Å². The molecule has 0 amide bonds. The number of aryl methyl sites for hydroxylation is 1. The molecular weight excluding hydrogens is 256 g/mol. The van der Waals surface area contributed by atoms with E-state index in [1.807, 2.05) is 4.68 Å². The first-order valence-corrected chi connectivity index (χ1v) is 6.52. The van der Waals surface area contributed by atoms with Crippen LogP contribution in [-0.4, -0.2) is 9.78 Å². The summed E-state index contributed by atoms with van der Waals surface area (Å²) in [4.78, 5) is 11.9. The highest BCUT2D eigenvalue weighted by Crippen LogP contribution is 2.27. The first-order chi connectivity index (χ1) is 7.24. The number of nitrogens with one attached hydrogen (secondary N) is 1. The summed E-state index contributed by atoms with van der Waals surface area (Å²) in [6, 6.07) is 0.392. The van der Waals surface area contributed by atoms with Gasteiger partial charge in [-0.1, -0.05) is 26.2 Å². The van der Waals surface area contributed by atoms with E-state index in [-0.39, 0.29) is 5.56 Å². The summed E-state index contributed by atoms with van der Waals surface area (Å²) in [7, 11) is 0. The Balaban J connectivity index is 2.31. The fourth-order valence-corrected chi connectivity index (χ4v) is 2.87. The maximum absolute atomic E-state index is 11.9. The molecule has 0 radical (unpaired) electrons. The van der Waals surface area contributed by atoms with Crippen LogP contribution in [0.1, 0.15) is 50.8 Å². The molecule has 1 heterocycles. The quantitative estimate of drug-likeness (QED) is 0.883. The molecule has 0 aliphatic heterocycles. The maximum Gasteiger partial charge on any atom is 0.281 e. The zero-order valence-corrected chi connectivity index (χ0v) is 10.6. The molecule has 15 heavy (non-hydrogen) atoms. The second-order valence-electron chi connectivity index (χ2n) is 4.22. The third-order valence-electron chi connectivity index (χ3n) is 3.22. The summed E-state index contributed by atoms with van der Waals surface area (Å²) in [6.45, 7) is 2.06. The predicted molar refractivity (Wildman–Crippen MR) is 64.3 cm³/mol. The minimum absolute atomic E-state index is 0.110. The van der Waals surface area contributed by atoms with Crippen molar-refractivity contribution in [1.29, 1.82) is 0 Å². The van der Waals surface area contributed by atoms with Gasteiger partial charge in [0.25, 0.3) is 5.56 Å². The van der Waals surface area contributed by atoms with Crippen LogP contribution in [0.5, 0.6) is 0 Å². The summed E-state index contributed by atoms with van der Waals surface area (Å²) in [5, 5.41) is 3.23. The van der Waals surface area contributed by atoms with Crippen LogP contribution in [-0.2, 0) is 6.42 Å². The van der Waals surface area contributed by atoms with Gasteiger partial charge in [0.15, 0.2) is 0 Å². The molecule has 2 rings (SSSR count). The van der Waals surface area contributed by atoms with Crippen molar-refractivity contribution in [3.63, 3.8) is 0 Å². The van der Waals surface area contributed by atoms with Crippen molar-refractivity contribution in [3.8, 4) is 0 Å². The molecule has 1 aromatic heterocycles. The Morgan fingerprint density at radius 1 is 1.40 bits per heavy atom. The number of aromatic amines is 1. The lowest BCUT2D eigenvalue weighted by Gasteiger charge is -2.21. The molecule has 0 bridgehead atoms. The number of nitrogens with zero attached hydrogens (tertiary/aromatic N) is 1. The highest BCUT2D eigenvalue weighted by atomic mass is 79.9. The zero-order valence-electron chi connectivity index (χ0n) is 9.05. The van der Waals surface area contributed by atoms with E-state index in [0.717, 1.165) is 29.4 Å². The van der Waals surface area contributed by atoms with Gasteiger partial charge >= 0.3 is 0 Å². The second-order valence-corrected chi connectivity index (χ2v) is 5.02. The Bertz CT molecular complexity index is 388. The average molecular weight is 273 g/mol. The lowest BCUT2D eigenvalue weighted by Crippen LogP contribution is -2.24. The minimum atomic E-state index is 0.110. The van der Waals surface area contributed by atoms with Crippen LogP contribution in [0.3, 0.4) is 0 Å². The second kappa shape index (κ2) is 4.56. The Morgan fingerprint density at radius 3 is 2.60 bits per heavy atom. The molecule has 0 spiro atoms. The van der Waals surface area contributed by atoms with Crippen LogP contribution in [0.2, 0.25) is 0 Å². The largest absolute Gasteiger partial charge is 0.298 e. The minimum Gasteiger partial charge on any atom is -0.298 e. The van der Waals surface area contributed by atoms with E-state index >= 15 is 0 Å². The third-order valence-corrected chi connectivity index (χ3v) is 4.04. The van der Waals surface area contributed by atoms with Crippen molar-refractivity contribution in [2.24, 2.45) is 0 Å². The molecule has 1 aliphatic rings. The van der Waals surface area contributed by atoms with Crippen LogP contribution >= 0.6 is 15.9 Å². The molecule has 1 N–H and O–H groups in total. The van der Waals surface area contributed by atoms with E-state index in [1.54, 1.807) is 0 Å². The van der Waals surface area contributed by atoms with Crippen molar-refractivity contribution in [2.45, 2.75) is 51.5 Å². The van der Waals surface area contributed by atoms with Crippen molar-refractivity contribution >= 4 is 15.9 Å². The Hall–Kier alpha value is -0.510. The first-order valence-electron chi connectivity index (χ1n) is 5.73. The molecule has 1 fully saturated rings. The van der Waals surface area contributed by atoms with Gasteiger partial charge in [0.05, 0.1) is 11.7 Å². The standard InChI is InChI=1S/C11H17BrN2O/c1-2-9-10(12)11(15)14(13-9)8-6-4-3-5-7-8/h8,13H,2-7H2,1H3. The summed E-state index contributed by atoms with van der Waals surface area (Å²) in [6.07, 6.45) is 6.94. The summed E-state index contributed by atoms with van der Waals surface area (Å²) >= 11 is 3.36. The summed E-state index contributed by atoms with van der Waals surface area (Å²) in [5.74, 6) is 0. The maximum atomic E-state index is 11.9. The lowest BCUT2D eigenvalue weighted by molar-refractivity contribution is 0.322.